The molecule has 0 aromatic heterocycles. The Kier molecular flexibility index (Phi) is 16.6. The molecule has 0 atom stereocenters. The maximum Gasteiger partial charge on any atom is 0.399 e. The van der Waals surface area contributed by atoms with Gasteiger partial charge in [-0.3, -0.25) is 0 Å². The third-order valence-corrected chi connectivity index (χ3v) is 4.86. The third-order valence-electron chi connectivity index (χ3n) is 3.95. The van der Waals surface area contributed by atoms with Crippen molar-refractivity contribution in [3.63, 3.8) is 0 Å². The van der Waals surface area contributed by atoms with Crippen LogP contribution in [0.5, 0.6) is 0 Å². The molecule has 0 aromatic rings. The van der Waals surface area contributed by atoms with E-state index in [9.17, 15) is 8.42 Å². The van der Waals surface area contributed by atoms with Crippen LogP contribution >= 0.6 is 0 Å². The second-order valence-electron chi connectivity index (χ2n) is 6.29. The summed E-state index contributed by atoms with van der Waals surface area (Å²) in [5.74, 6) is 0. The Morgan fingerprint density at radius 2 is 0.826 bits per heavy atom. The van der Waals surface area contributed by atoms with E-state index in [1.165, 1.54) is 51.4 Å². The molecule has 0 aliphatic heterocycles. The highest BCUT2D eigenvalue weighted by atomic mass is 32.3. The first-order valence-electron chi connectivity index (χ1n) is 9.66. The van der Waals surface area contributed by atoms with Gasteiger partial charge in [-0.05, 0) is 12.8 Å². The van der Waals surface area contributed by atoms with Crippen LogP contribution in [0.4, 0.5) is 0 Å². The molecule has 0 heterocycles. The van der Waals surface area contributed by atoms with Crippen LogP contribution < -0.4 is 0 Å². The van der Waals surface area contributed by atoms with Gasteiger partial charge in [0, 0.05) is 0 Å². The summed E-state index contributed by atoms with van der Waals surface area (Å²) in [6.07, 6.45) is 16.0. The van der Waals surface area contributed by atoms with E-state index in [1.54, 1.807) is 0 Å². The van der Waals surface area contributed by atoms with E-state index >= 15 is 0 Å². The Morgan fingerprint density at radius 1 is 0.522 bits per heavy atom. The van der Waals surface area contributed by atoms with Gasteiger partial charge in [0.2, 0.25) is 0 Å². The fourth-order valence-corrected chi connectivity index (χ4v) is 3.19. The number of hydrogen-bond donors (Lipinski definition) is 0. The first kappa shape index (κ1) is 22.9. The maximum absolute atomic E-state index is 11.5. The molecule has 0 unspecified atom stereocenters. The fraction of sp³-hybridized carbons (Fsp3) is 1.00. The van der Waals surface area contributed by atoms with E-state index in [2.05, 4.69) is 13.8 Å². The first-order valence-corrected chi connectivity index (χ1v) is 11.0. The van der Waals surface area contributed by atoms with Gasteiger partial charge in [0.25, 0.3) is 0 Å². The Hall–Kier alpha value is -0.130. The summed E-state index contributed by atoms with van der Waals surface area (Å²) in [5, 5.41) is 0. The smallest absolute Gasteiger partial charge is 0.248 e. The van der Waals surface area contributed by atoms with Crippen molar-refractivity contribution < 1.29 is 16.8 Å². The number of unbranched alkanes of at least 4 members (excludes halogenated alkanes) is 12. The van der Waals surface area contributed by atoms with Crippen molar-refractivity contribution in [1.82, 2.24) is 0 Å². The molecule has 0 radical (unpaired) electrons. The van der Waals surface area contributed by atoms with Crippen LogP contribution in [0.2, 0.25) is 0 Å². The second-order valence-corrected chi connectivity index (χ2v) is 7.58. The van der Waals surface area contributed by atoms with Gasteiger partial charge in [0.1, 0.15) is 0 Å². The Bertz CT molecular complexity index is 328. The monoisotopic (exact) mass is 350 g/mol. The molecule has 0 N–H and O–H groups in total. The van der Waals surface area contributed by atoms with Crippen molar-refractivity contribution in [1.29, 1.82) is 0 Å². The molecule has 23 heavy (non-hydrogen) atoms. The van der Waals surface area contributed by atoms with Crippen LogP contribution in [0.3, 0.4) is 0 Å². The van der Waals surface area contributed by atoms with Crippen LogP contribution in [0, 0.1) is 0 Å². The van der Waals surface area contributed by atoms with E-state index in [-0.39, 0.29) is 13.2 Å². The molecular weight excluding hydrogens is 312 g/mol. The van der Waals surface area contributed by atoms with Crippen molar-refractivity contribution in [2.75, 3.05) is 13.2 Å². The lowest BCUT2D eigenvalue weighted by Crippen LogP contribution is -2.12. The maximum atomic E-state index is 11.5. The van der Waals surface area contributed by atoms with Crippen LogP contribution in [-0.4, -0.2) is 21.6 Å². The standard InChI is InChI=1S/C18H38O4S/c1-3-5-7-9-11-12-14-16-18-22-23(19,20)21-17-15-13-10-8-6-4-2/h3-18H2,1-2H3. The summed E-state index contributed by atoms with van der Waals surface area (Å²) in [5.41, 5.74) is 0. The fourth-order valence-electron chi connectivity index (χ4n) is 2.47. The van der Waals surface area contributed by atoms with Gasteiger partial charge in [-0.2, -0.15) is 8.42 Å². The lowest BCUT2D eigenvalue weighted by atomic mass is 10.1. The number of rotatable bonds is 18. The van der Waals surface area contributed by atoms with Gasteiger partial charge in [-0.25, -0.2) is 8.37 Å². The van der Waals surface area contributed by atoms with E-state index in [0.29, 0.717) is 0 Å². The van der Waals surface area contributed by atoms with Crippen molar-refractivity contribution >= 4 is 10.4 Å². The summed E-state index contributed by atoms with van der Waals surface area (Å²) >= 11 is 0. The zero-order chi connectivity index (χ0) is 17.2. The molecule has 0 saturated heterocycles. The second kappa shape index (κ2) is 16.7. The number of hydrogen-bond acceptors (Lipinski definition) is 4. The molecule has 140 valence electrons. The molecule has 0 spiro atoms. The average molecular weight is 351 g/mol. The first-order chi connectivity index (χ1) is 11.1. The Morgan fingerprint density at radius 3 is 1.17 bits per heavy atom. The molecule has 0 aliphatic rings. The molecule has 5 heteroatoms. The lowest BCUT2D eigenvalue weighted by Gasteiger charge is -2.06. The van der Waals surface area contributed by atoms with Gasteiger partial charge in [-0.15, -0.1) is 0 Å². The van der Waals surface area contributed by atoms with Crippen LogP contribution in [-0.2, 0) is 18.8 Å². The average Bonchev–Trinajstić information content (AvgIpc) is 2.52. The quantitative estimate of drug-likeness (QED) is 0.295. The van der Waals surface area contributed by atoms with Crippen molar-refractivity contribution in [3.8, 4) is 0 Å². The minimum Gasteiger partial charge on any atom is -0.248 e. The highest BCUT2D eigenvalue weighted by Gasteiger charge is 2.10. The molecule has 0 aliphatic carbocycles. The molecular formula is C18H38O4S. The molecule has 0 saturated carbocycles. The summed E-state index contributed by atoms with van der Waals surface area (Å²) in [6, 6.07) is 0. The van der Waals surface area contributed by atoms with Crippen molar-refractivity contribution in [3.05, 3.63) is 0 Å². The van der Waals surface area contributed by atoms with Crippen molar-refractivity contribution in [2.45, 2.75) is 104 Å². The van der Waals surface area contributed by atoms with Crippen LogP contribution in [0.25, 0.3) is 0 Å². The van der Waals surface area contributed by atoms with Gasteiger partial charge < -0.3 is 0 Å². The SMILES string of the molecule is CCCCCCCCCCOS(=O)(=O)OCCCCCCCC. The minimum absolute atomic E-state index is 0.242. The summed E-state index contributed by atoms with van der Waals surface area (Å²) in [7, 11) is -3.78. The van der Waals surface area contributed by atoms with E-state index in [0.717, 1.165) is 38.5 Å². The van der Waals surface area contributed by atoms with Crippen molar-refractivity contribution in [2.24, 2.45) is 0 Å². The molecule has 4 nitrogen and oxygen atoms in total. The Labute approximate surface area is 144 Å². The zero-order valence-corrected chi connectivity index (χ0v) is 16.2. The molecule has 0 aromatic carbocycles. The summed E-state index contributed by atoms with van der Waals surface area (Å²) < 4.78 is 32.8. The molecule has 0 bridgehead atoms. The molecule has 0 rings (SSSR count). The normalized spacial score (nSPS) is 11.9. The van der Waals surface area contributed by atoms with Gasteiger partial charge in [0.15, 0.2) is 0 Å². The lowest BCUT2D eigenvalue weighted by molar-refractivity contribution is 0.208. The largest absolute Gasteiger partial charge is 0.399 e. The Balaban J connectivity index is 3.37. The van der Waals surface area contributed by atoms with E-state index in [1.807, 2.05) is 0 Å². The van der Waals surface area contributed by atoms with Crippen LogP contribution in [0.1, 0.15) is 104 Å². The summed E-state index contributed by atoms with van der Waals surface area (Å²) in [4.78, 5) is 0. The molecule has 0 amide bonds. The predicted octanol–water partition coefficient (Wildman–Crippen LogP) is 5.77. The topological polar surface area (TPSA) is 52.6 Å². The van der Waals surface area contributed by atoms with E-state index < -0.39 is 10.4 Å². The van der Waals surface area contributed by atoms with Gasteiger partial charge in [0.05, 0.1) is 13.2 Å². The predicted molar refractivity (Wildman–Crippen MR) is 96.8 cm³/mol. The van der Waals surface area contributed by atoms with Gasteiger partial charge >= 0.3 is 10.4 Å². The van der Waals surface area contributed by atoms with Gasteiger partial charge in [-0.1, -0.05) is 90.9 Å². The zero-order valence-electron chi connectivity index (χ0n) is 15.4. The summed E-state index contributed by atoms with van der Waals surface area (Å²) in [6.45, 7) is 4.88. The van der Waals surface area contributed by atoms with E-state index in [4.69, 9.17) is 8.37 Å². The highest BCUT2D eigenvalue weighted by molar-refractivity contribution is 7.81. The molecule has 0 fully saturated rings. The third kappa shape index (κ3) is 18.1. The minimum atomic E-state index is -3.78. The van der Waals surface area contributed by atoms with Crippen LogP contribution in [0.15, 0.2) is 0 Å². The highest BCUT2D eigenvalue weighted by Crippen LogP contribution is 2.10.